The summed E-state index contributed by atoms with van der Waals surface area (Å²) in [7, 11) is 0. The minimum Gasteiger partial charge on any atom is -0.357 e. The summed E-state index contributed by atoms with van der Waals surface area (Å²) in [6.45, 7) is 13.3. The molecule has 7 nitrogen and oxygen atoms in total. The maximum Gasteiger partial charge on any atom is 0.224 e. The first kappa shape index (κ1) is 23.4. The normalized spacial score (nSPS) is 11.6. The number of hydrogen-bond acceptors (Lipinski definition) is 3. The molecular weight excluding hydrogens is 376 g/mol. The van der Waals surface area contributed by atoms with E-state index in [0.29, 0.717) is 18.9 Å². The van der Waals surface area contributed by atoms with Gasteiger partial charge in [-0.3, -0.25) is 9.48 Å². The summed E-state index contributed by atoms with van der Waals surface area (Å²) in [6.07, 6.45) is 1.48. The number of amides is 1. The second-order valence-corrected chi connectivity index (χ2v) is 7.97. The summed E-state index contributed by atoms with van der Waals surface area (Å²) in [4.78, 5) is 16.7. The van der Waals surface area contributed by atoms with Crippen LogP contribution in [0.5, 0.6) is 0 Å². The van der Waals surface area contributed by atoms with Crippen molar-refractivity contribution in [3.8, 4) is 0 Å². The third-order valence-corrected chi connectivity index (χ3v) is 4.51. The first-order valence-electron chi connectivity index (χ1n) is 10.8. The van der Waals surface area contributed by atoms with E-state index in [1.807, 2.05) is 49.7 Å². The Kier molecular flexibility index (Phi) is 9.38. The van der Waals surface area contributed by atoms with Gasteiger partial charge in [-0.2, -0.15) is 5.10 Å². The molecule has 0 unspecified atom stereocenters. The highest BCUT2D eigenvalue weighted by Gasteiger charge is 2.06. The van der Waals surface area contributed by atoms with Crippen molar-refractivity contribution in [3.05, 3.63) is 47.3 Å². The third kappa shape index (κ3) is 8.27. The third-order valence-electron chi connectivity index (χ3n) is 4.51. The van der Waals surface area contributed by atoms with Crippen molar-refractivity contribution in [3.63, 3.8) is 0 Å². The van der Waals surface area contributed by atoms with E-state index in [9.17, 15) is 4.79 Å². The van der Waals surface area contributed by atoms with Crippen molar-refractivity contribution in [1.82, 2.24) is 20.4 Å². The molecule has 7 heteroatoms. The Morgan fingerprint density at radius 3 is 2.67 bits per heavy atom. The molecule has 164 valence electrons. The number of carbonyl (C=O) groups is 1. The monoisotopic (exact) mass is 412 g/mol. The first-order chi connectivity index (χ1) is 14.4. The number of carbonyl (C=O) groups excluding carboxylic acids is 1. The second kappa shape index (κ2) is 12.0. The zero-order valence-corrected chi connectivity index (χ0v) is 19.0. The zero-order valence-electron chi connectivity index (χ0n) is 19.0. The lowest BCUT2D eigenvalue weighted by Crippen LogP contribution is -2.38. The summed E-state index contributed by atoms with van der Waals surface area (Å²) >= 11 is 0. The van der Waals surface area contributed by atoms with Gasteiger partial charge >= 0.3 is 0 Å². The van der Waals surface area contributed by atoms with Crippen LogP contribution < -0.4 is 16.0 Å². The molecule has 0 aliphatic heterocycles. The lowest BCUT2D eigenvalue weighted by atomic mass is 10.1. The summed E-state index contributed by atoms with van der Waals surface area (Å²) < 4.78 is 2.04. The molecule has 0 bridgehead atoms. The van der Waals surface area contributed by atoms with Gasteiger partial charge in [0.25, 0.3) is 0 Å². The van der Waals surface area contributed by atoms with Crippen molar-refractivity contribution in [2.24, 2.45) is 10.9 Å². The predicted molar refractivity (Wildman–Crippen MR) is 124 cm³/mol. The molecule has 1 aromatic heterocycles. The van der Waals surface area contributed by atoms with E-state index >= 15 is 0 Å². The predicted octanol–water partition coefficient (Wildman–Crippen LogP) is 3.63. The number of anilines is 1. The minimum absolute atomic E-state index is 0.0447. The van der Waals surface area contributed by atoms with Crippen LogP contribution >= 0.6 is 0 Å². The van der Waals surface area contributed by atoms with Crippen molar-refractivity contribution >= 4 is 17.6 Å². The van der Waals surface area contributed by atoms with Gasteiger partial charge in [0.15, 0.2) is 5.96 Å². The lowest BCUT2D eigenvalue weighted by Gasteiger charge is -2.12. The van der Waals surface area contributed by atoms with E-state index in [4.69, 9.17) is 0 Å². The Morgan fingerprint density at radius 2 is 2.00 bits per heavy atom. The summed E-state index contributed by atoms with van der Waals surface area (Å²) in [6, 6.07) is 9.96. The van der Waals surface area contributed by atoms with Gasteiger partial charge in [-0.05, 0) is 56.9 Å². The Bertz CT molecular complexity index is 840. The van der Waals surface area contributed by atoms with E-state index in [1.165, 1.54) is 5.69 Å². The molecule has 0 aliphatic carbocycles. The molecule has 0 saturated carbocycles. The number of guanidine groups is 1. The molecule has 0 aliphatic rings. The van der Waals surface area contributed by atoms with Crippen molar-refractivity contribution < 1.29 is 4.79 Å². The molecule has 2 rings (SSSR count). The van der Waals surface area contributed by atoms with Crippen LogP contribution in [0.1, 0.15) is 50.6 Å². The van der Waals surface area contributed by atoms with Crippen LogP contribution in [0.3, 0.4) is 0 Å². The summed E-state index contributed by atoms with van der Waals surface area (Å²) in [5, 5.41) is 14.1. The first-order valence-corrected chi connectivity index (χ1v) is 10.8. The maximum absolute atomic E-state index is 12.0. The van der Waals surface area contributed by atoms with Crippen LogP contribution in [0.15, 0.2) is 35.3 Å². The number of aryl methyl sites for hydroxylation is 3. The fraction of sp³-hybridized carbons (Fsp3) is 0.522. The van der Waals surface area contributed by atoms with Gasteiger partial charge in [0.1, 0.15) is 0 Å². The van der Waals surface area contributed by atoms with Gasteiger partial charge in [-0.15, -0.1) is 0 Å². The van der Waals surface area contributed by atoms with Crippen LogP contribution in [0, 0.1) is 19.8 Å². The average Bonchev–Trinajstić information content (AvgIpc) is 2.99. The average molecular weight is 413 g/mol. The highest BCUT2D eigenvalue weighted by molar-refractivity contribution is 5.90. The highest BCUT2D eigenvalue weighted by atomic mass is 16.1. The highest BCUT2D eigenvalue weighted by Crippen LogP contribution is 2.13. The number of aromatic nitrogens is 2. The van der Waals surface area contributed by atoms with E-state index in [2.05, 4.69) is 46.0 Å². The van der Waals surface area contributed by atoms with Gasteiger partial charge < -0.3 is 16.0 Å². The molecule has 30 heavy (non-hydrogen) atoms. The molecule has 0 fully saturated rings. The fourth-order valence-corrected chi connectivity index (χ4v) is 3.18. The molecule has 1 amide bonds. The number of nitrogens with one attached hydrogen (secondary N) is 3. The number of aliphatic imine (C=N–C) groups is 1. The van der Waals surface area contributed by atoms with Gasteiger partial charge in [0.05, 0.1) is 12.2 Å². The summed E-state index contributed by atoms with van der Waals surface area (Å²) in [5.41, 5.74) is 4.11. The second-order valence-electron chi connectivity index (χ2n) is 7.97. The van der Waals surface area contributed by atoms with Crippen molar-refractivity contribution in [2.75, 3.05) is 18.4 Å². The van der Waals surface area contributed by atoms with Gasteiger partial charge in [-0.25, -0.2) is 4.99 Å². The fourth-order valence-electron chi connectivity index (χ4n) is 3.18. The molecule has 3 N–H and O–H groups in total. The Labute approximate surface area is 180 Å². The van der Waals surface area contributed by atoms with Crippen molar-refractivity contribution in [2.45, 2.75) is 60.5 Å². The van der Waals surface area contributed by atoms with Crippen molar-refractivity contribution in [1.29, 1.82) is 0 Å². The van der Waals surface area contributed by atoms with Crippen LogP contribution in [0.25, 0.3) is 0 Å². The number of nitrogens with zero attached hydrogens (tertiary/aromatic N) is 3. The number of hydrogen-bond donors (Lipinski definition) is 3. The minimum atomic E-state index is 0.0447. The quantitative estimate of drug-likeness (QED) is 0.316. The molecule has 1 aromatic carbocycles. The SMILES string of the molecule is CCNC(=NCc1cccc(NC(=O)CC(C)C)c1)NCCCn1nc(C)cc1C. The van der Waals surface area contributed by atoms with E-state index in [0.717, 1.165) is 49.0 Å². The van der Waals surface area contributed by atoms with Crippen LogP contribution in [0.2, 0.25) is 0 Å². The largest absolute Gasteiger partial charge is 0.357 e. The topological polar surface area (TPSA) is 83.3 Å². The smallest absolute Gasteiger partial charge is 0.224 e. The number of benzene rings is 1. The molecule has 0 saturated heterocycles. The molecule has 0 atom stereocenters. The Morgan fingerprint density at radius 1 is 1.20 bits per heavy atom. The van der Waals surface area contributed by atoms with Crippen LogP contribution in [0.4, 0.5) is 5.69 Å². The van der Waals surface area contributed by atoms with Crippen LogP contribution in [-0.2, 0) is 17.9 Å². The lowest BCUT2D eigenvalue weighted by molar-refractivity contribution is -0.116. The zero-order chi connectivity index (χ0) is 21.9. The van der Waals surface area contributed by atoms with Gasteiger partial charge in [0, 0.05) is 37.4 Å². The molecule has 2 aromatic rings. The van der Waals surface area contributed by atoms with Gasteiger partial charge in [0.2, 0.25) is 5.91 Å². The van der Waals surface area contributed by atoms with Gasteiger partial charge in [-0.1, -0.05) is 26.0 Å². The van der Waals surface area contributed by atoms with E-state index in [-0.39, 0.29) is 5.91 Å². The Balaban J connectivity index is 1.86. The molecule has 0 radical (unpaired) electrons. The van der Waals surface area contributed by atoms with Crippen LogP contribution in [-0.4, -0.2) is 34.7 Å². The Hall–Kier alpha value is -2.83. The maximum atomic E-state index is 12.0. The van der Waals surface area contributed by atoms with E-state index < -0.39 is 0 Å². The molecular formula is C23H36N6O. The number of rotatable bonds is 10. The summed E-state index contributed by atoms with van der Waals surface area (Å²) in [5.74, 6) is 1.18. The standard InChI is InChI=1S/C23H36N6O/c1-6-24-23(25-11-8-12-29-19(5)14-18(4)28-29)26-16-20-9-7-10-21(15-20)27-22(30)13-17(2)3/h7,9-10,14-15,17H,6,8,11-13,16H2,1-5H3,(H,27,30)(H2,24,25,26). The molecule has 0 spiro atoms. The molecule has 1 heterocycles. The van der Waals surface area contributed by atoms with E-state index in [1.54, 1.807) is 0 Å².